The number of carbonyl (C=O) groups excluding carboxylic acids is 1. The highest BCUT2D eigenvalue weighted by atomic mass is 16.7. The minimum absolute atomic E-state index is 0.119. The van der Waals surface area contributed by atoms with Crippen LogP contribution in [0.2, 0.25) is 0 Å². The molecular formula is C32H58O9. The van der Waals surface area contributed by atoms with Crippen LogP contribution in [0.4, 0.5) is 0 Å². The molecule has 1 saturated heterocycles. The normalized spacial score (nSPS) is 23.9. The molecule has 1 heterocycles. The summed E-state index contributed by atoms with van der Waals surface area (Å²) in [5.41, 5.74) is 0. The molecule has 1 aliphatic rings. The molecule has 240 valence electrons. The predicted molar refractivity (Wildman–Crippen MR) is 159 cm³/mol. The first kappa shape index (κ1) is 37.7. The third-order valence-corrected chi connectivity index (χ3v) is 7.12. The Morgan fingerprint density at radius 1 is 0.780 bits per heavy atom. The molecule has 9 nitrogen and oxygen atoms in total. The van der Waals surface area contributed by atoms with Crippen molar-refractivity contribution in [2.45, 2.75) is 147 Å². The van der Waals surface area contributed by atoms with E-state index in [0.717, 1.165) is 51.4 Å². The van der Waals surface area contributed by atoms with Gasteiger partial charge in [0.25, 0.3) is 0 Å². The van der Waals surface area contributed by atoms with Crippen LogP contribution < -0.4 is 0 Å². The van der Waals surface area contributed by atoms with Gasteiger partial charge in [0.1, 0.15) is 30.5 Å². The zero-order chi connectivity index (χ0) is 30.1. The van der Waals surface area contributed by atoms with Crippen LogP contribution in [-0.2, 0) is 23.7 Å². The molecule has 1 rings (SSSR count). The van der Waals surface area contributed by atoms with Gasteiger partial charge in [0, 0.05) is 13.0 Å². The predicted octanol–water partition coefficient (Wildman–Crippen LogP) is 4.74. The molecule has 41 heavy (non-hydrogen) atoms. The second kappa shape index (κ2) is 25.2. The van der Waals surface area contributed by atoms with Crippen LogP contribution in [0.1, 0.15) is 110 Å². The van der Waals surface area contributed by atoms with E-state index in [1.807, 2.05) is 0 Å². The molecule has 0 radical (unpaired) electrons. The summed E-state index contributed by atoms with van der Waals surface area (Å²) in [7, 11) is 0. The summed E-state index contributed by atoms with van der Waals surface area (Å²) in [6, 6.07) is 0. The first-order chi connectivity index (χ1) is 19.9. The van der Waals surface area contributed by atoms with Crippen LogP contribution in [0.25, 0.3) is 0 Å². The SMILES string of the molecule is CCCC/C=C\C/C=C\CCCCCCCCOCC(COC1OC(CO)C(O)C(O)C1O)OC(=O)CCCCC. The van der Waals surface area contributed by atoms with Gasteiger partial charge in [0.05, 0.1) is 19.8 Å². The van der Waals surface area contributed by atoms with E-state index < -0.39 is 43.4 Å². The Hall–Kier alpha value is -1.33. The van der Waals surface area contributed by atoms with Gasteiger partial charge in [-0.25, -0.2) is 0 Å². The van der Waals surface area contributed by atoms with Crippen molar-refractivity contribution in [3.63, 3.8) is 0 Å². The molecule has 0 bridgehead atoms. The lowest BCUT2D eigenvalue weighted by molar-refractivity contribution is -0.305. The molecule has 0 amide bonds. The lowest BCUT2D eigenvalue weighted by atomic mass is 9.99. The molecule has 6 unspecified atom stereocenters. The molecule has 1 fully saturated rings. The molecule has 0 aromatic carbocycles. The fourth-order valence-electron chi connectivity index (χ4n) is 4.50. The van der Waals surface area contributed by atoms with E-state index in [0.29, 0.717) is 13.0 Å². The Labute approximate surface area is 247 Å². The van der Waals surface area contributed by atoms with Crippen molar-refractivity contribution < 1.29 is 44.2 Å². The summed E-state index contributed by atoms with van der Waals surface area (Å²) < 4.78 is 22.3. The van der Waals surface area contributed by atoms with Crippen LogP contribution in [0.3, 0.4) is 0 Å². The number of carbonyl (C=O) groups is 1. The van der Waals surface area contributed by atoms with E-state index in [9.17, 15) is 25.2 Å². The van der Waals surface area contributed by atoms with Crippen LogP contribution in [0.15, 0.2) is 24.3 Å². The highest BCUT2D eigenvalue weighted by Gasteiger charge is 2.44. The third-order valence-electron chi connectivity index (χ3n) is 7.12. The highest BCUT2D eigenvalue weighted by molar-refractivity contribution is 5.69. The maximum absolute atomic E-state index is 12.3. The van der Waals surface area contributed by atoms with Gasteiger partial charge >= 0.3 is 5.97 Å². The molecular weight excluding hydrogens is 528 g/mol. The van der Waals surface area contributed by atoms with E-state index in [1.54, 1.807) is 0 Å². The average molecular weight is 587 g/mol. The zero-order valence-corrected chi connectivity index (χ0v) is 25.5. The average Bonchev–Trinajstić information content (AvgIpc) is 2.97. The fraction of sp³-hybridized carbons (Fsp3) is 0.844. The summed E-state index contributed by atoms with van der Waals surface area (Å²) in [6.07, 6.45) is 17.1. The lowest BCUT2D eigenvalue weighted by Crippen LogP contribution is -2.59. The Morgan fingerprint density at radius 3 is 2.12 bits per heavy atom. The second-order valence-electron chi connectivity index (χ2n) is 10.9. The number of hydrogen-bond donors (Lipinski definition) is 4. The first-order valence-corrected chi connectivity index (χ1v) is 15.9. The summed E-state index contributed by atoms with van der Waals surface area (Å²) in [5, 5.41) is 39.5. The highest BCUT2D eigenvalue weighted by Crippen LogP contribution is 2.22. The van der Waals surface area contributed by atoms with Gasteiger partial charge in [0.15, 0.2) is 6.29 Å². The number of ether oxygens (including phenoxy) is 4. The van der Waals surface area contributed by atoms with E-state index in [2.05, 4.69) is 38.2 Å². The molecule has 0 aliphatic carbocycles. The Kier molecular flexibility index (Phi) is 23.2. The van der Waals surface area contributed by atoms with E-state index in [1.165, 1.54) is 38.5 Å². The molecule has 0 aromatic rings. The van der Waals surface area contributed by atoms with Crippen molar-refractivity contribution in [1.82, 2.24) is 0 Å². The van der Waals surface area contributed by atoms with Gasteiger partial charge in [-0.3, -0.25) is 4.79 Å². The molecule has 6 atom stereocenters. The molecule has 1 aliphatic heterocycles. The van der Waals surface area contributed by atoms with Gasteiger partial charge < -0.3 is 39.4 Å². The maximum atomic E-state index is 12.3. The zero-order valence-electron chi connectivity index (χ0n) is 25.5. The minimum atomic E-state index is -1.53. The lowest BCUT2D eigenvalue weighted by Gasteiger charge is -2.39. The van der Waals surface area contributed by atoms with Crippen molar-refractivity contribution in [3.8, 4) is 0 Å². The van der Waals surface area contributed by atoms with Crippen molar-refractivity contribution in [3.05, 3.63) is 24.3 Å². The first-order valence-electron chi connectivity index (χ1n) is 15.9. The van der Waals surface area contributed by atoms with Crippen LogP contribution in [-0.4, -0.2) is 89.6 Å². The van der Waals surface area contributed by atoms with Crippen molar-refractivity contribution >= 4 is 5.97 Å². The number of aliphatic hydroxyl groups excluding tert-OH is 4. The van der Waals surface area contributed by atoms with Gasteiger partial charge in [-0.2, -0.15) is 0 Å². The summed E-state index contributed by atoms with van der Waals surface area (Å²) in [4.78, 5) is 12.3. The van der Waals surface area contributed by atoms with Crippen molar-refractivity contribution in [2.75, 3.05) is 26.4 Å². The van der Waals surface area contributed by atoms with E-state index in [4.69, 9.17) is 18.9 Å². The summed E-state index contributed by atoms with van der Waals surface area (Å²) in [5.74, 6) is -0.345. The monoisotopic (exact) mass is 586 g/mol. The van der Waals surface area contributed by atoms with Gasteiger partial charge in [-0.1, -0.05) is 89.5 Å². The van der Waals surface area contributed by atoms with Gasteiger partial charge in [-0.15, -0.1) is 0 Å². The molecule has 4 N–H and O–H groups in total. The topological polar surface area (TPSA) is 135 Å². The van der Waals surface area contributed by atoms with E-state index in [-0.39, 0.29) is 19.2 Å². The van der Waals surface area contributed by atoms with Gasteiger partial charge in [-0.05, 0) is 38.5 Å². The fourth-order valence-corrected chi connectivity index (χ4v) is 4.50. The Balaban J connectivity index is 2.27. The molecule has 0 saturated carbocycles. The number of unbranched alkanes of at least 4 members (excludes halogenated alkanes) is 10. The van der Waals surface area contributed by atoms with Crippen molar-refractivity contribution in [1.29, 1.82) is 0 Å². The molecule has 0 spiro atoms. The van der Waals surface area contributed by atoms with E-state index >= 15 is 0 Å². The maximum Gasteiger partial charge on any atom is 0.306 e. The Bertz CT molecular complexity index is 682. The number of hydrogen-bond acceptors (Lipinski definition) is 9. The second-order valence-corrected chi connectivity index (χ2v) is 10.9. The van der Waals surface area contributed by atoms with Crippen LogP contribution in [0.5, 0.6) is 0 Å². The number of aliphatic hydroxyl groups is 4. The van der Waals surface area contributed by atoms with Crippen LogP contribution >= 0.6 is 0 Å². The smallest absolute Gasteiger partial charge is 0.306 e. The standard InChI is InChI=1S/C32H58O9/c1-3-5-7-8-9-10-11-12-13-14-15-16-17-18-20-22-38-24-26(40-28(34)21-19-6-4-2)25-39-32-31(37)30(36)29(35)27(23-33)41-32/h8-9,11-12,26-27,29-33,35-37H,3-7,10,13-25H2,1-2H3/b9-8-,12-11-. The Morgan fingerprint density at radius 2 is 1.44 bits per heavy atom. The largest absolute Gasteiger partial charge is 0.457 e. The van der Waals surface area contributed by atoms with Crippen molar-refractivity contribution in [2.24, 2.45) is 0 Å². The third kappa shape index (κ3) is 18.1. The van der Waals surface area contributed by atoms with Crippen LogP contribution in [0, 0.1) is 0 Å². The quantitative estimate of drug-likeness (QED) is 0.0680. The summed E-state index contributed by atoms with van der Waals surface area (Å²) >= 11 is 0. The number of esters is 1. The number of allylic oxidation sites excluding steroid dienone is 4. The molecule has 9 heteroatoms. The number of rotatable bonds is 25. The molecule has 0 aromatic heterocycles. The summed E-state index contributed by atoms with van der Waals surface area (Å²) in [6.45, 7) is 4.29. The minimum Gasteiger partial charge on any atom is -0.457 e. The van der Waals surface area contributed by atoms with Gasteiger partial charge in [0.2, 0.25) is 0 Å².